The summed E-state index contributed by atoms with van der Waals surface area (Å²) in [7, 11) is 0. The molecule has 0 unspecified atom stereocenters. The number of amidine groups is 1. The Balaban J connectivity index is 2.01. The van der Waals surface area contributed by atoms with Gasteiger partial charge in [0.05, 0.1) is 13.2 Å². The van der Waals surface area contributed by atoms with Crippen LogP contribution in [0, 0.1) is 5.41 Å². The summed E-state index contributed by atoms with van der Waals surface area (Å²) in [4.78, 5) is 4.02. The fourth-order valence-electron chi connectivity index (χ4n) is 1.06. The lowest BCUT2D eigenvalue weighted by Crippen LogP contribution is -2.38. The third-order valence-corrected chi connectivity index (χ3v) is 1.94. The standard InChI is InChI=1S/C9H11N3O2/c10-9(11)6-1-2-8(12-3-6)14-7-4-13-5-7/h1-3,7H,4-5H2,(H3,10,11). The molecule has 1 aromatic rings. The van der Waals surface area contributed by atoms with E-state index in [1.54, 1.807) is 12.1 Å². The Morgan fingerprint density at radius 2 is 2.36 bits per heavy atom. The van der Waals surface area contributed by atoms with Crippen LogP contribution in [0.1, 0.15) is 5.56 Å². The smallest absolute Gasteiger partial charge is 0.213 e. The van der Waals surface area contributed by atoms with E-state index >= 15 is 0 Å². The van der Waals surface area contributed by atoms with Crippen LogP contribution in [-0.2, 0) is 4.74 Å². The molecule has 0 aromatic carbocycles. The highest BCUT2D eigenvalue weighted by molar-refractivity contribution is 5.94. The van der Waals surface area contributed by atoms with E-state index in [0.717, 1.165) is 0 Å². The minimum Gasteiger partial charge on any atom is -0.469 e. The number of nitrogen functional groups attached to an aromatic ring is 1. The Hall–Kier alpha value is -1.62. The van der Waals surface area contributed by atoms with Crippen molar-refractivity contribution in [3.05, 3.63) is 23.9 Å². The van der Waals surface area contributed by atoms with E-state index in [1.807, 2.05) is 0 Å². The van der Waals surface area contributed by atoms with Crippen molar-refractivity contribution in [2.75, 3.05) is 13.2 Å². The van der Waals surface area contributed by atoms with Gasteiger partial charge in [0.1, 0.15) is 11.9 Å². The van der Waals surface area contributed by atoms with Gasteiger partial charge < -0.3 is 15.2 Å². The highest BCUT2D eigenvalue weighted by Gasteiger charge is 2.20. The molecular formula is C9H11N3O2. The van der Waals surface area contributed by atoms with Crippen LogP contribution in [0.2, 0.25) is 0 Å². The van der Waals surface area contributed by atoms with Crippen LogP contribution in [-0.4, -0.2) is 30.1 Å². The number of pyridine rings is 1. The van der Waals surface area contributed by atoms with E-state index in [4.69, 9.17) is 20.6 Å². The Labute approximate surface area is 81.4 Å². The zero-order chi connectivity index (χ0) is 9.97. The lowest BCUT2D eigenvalue weighted by atomic mass is 10.2. The number of hydrogen-bond donors (Lipinski definition) is 2. The number of nitrogens with zero attached hydrogens (tertiary/aromatic N) is 1. The summed E-state index contributed by atoms with van der Waals surface area (Å²) in [5.74, 6) is 0.555. The van der Waals surface area contributed by atoms with E-state index in [0.29, 0.717) is 24.7 Å². The number of ether oxygens (including phenoxy) is 2. The highest BCUT2D eigenvalue weighted by atomic mass is 16.6. The molecule has 14 heavy (non-hydrogen) atoms. The first kappa shape index (κ1) is 8.96. The number of rotatable bonds is 3. The first-order valence-corrected chi connectivity index (χ1v) is 4.30. The number of aromatic nitrogens is 1. The molecule has 0 saturated carbocycles. The van der Waals surface area contributed by atoms with Gasteiger partial charge in [0, 0.05) is 17.8 Å². The summed E-state index contributed by atoms with van der Waals surface area (Å²) in [5, 5.41) is 7.17. The summed E-state index contributed by atoms with van der Waals surface area (Å²) in [5.41, 5.74) is 5.88. The van der Waals surface area contributed by atoms with Gasteiger partial charge in [-0.1, -0.05) is 0 Å². The minimum absolute atomic E-state index is 0.0102. The van der Waals surface area contributed by atoms with Crippen molar-refractivity contribution in [1.82, 2.24) is 4.98 Å². The predicted molar refractivity (Wildman–Crippen MR) is 50.5 cm³/mol. The van der Waals surface area contributed by atoms with Crippen molar-refractivity contribution in [3.63, 3.8) is 0 Å². The fraction of sp³-hybridized carbons (Fsp3) is 0.333. The summed E-state index contributed by atoms with van der Waals surface area (Å²) in [6, 6.07) is 3.42. The second-order valence-corrected chi connectivity index (χ2v) is 3.08. The molecule has 2 rings (SSSR count). The molecule has 3 N–H and O–H groups in total. The zero-order valence-electron chi connectivity index (χ0n) is 7.56. The topological polar surface area (TPSA) is 81.2 Å². The molecule has 74 valence electrons. The average Bonchev–Trinajstić information content (AvgIpc) is 2.12. The van der Waals surface area contributed by atoms with Crippen molar-refractivity contribution in [3.8, 4) is 5.88 Å². The third-order valence-electron chi connectivity index (χ3n) is 1.94. The van der Waals surface area contributed by atoms with E-state index in [9.17, 15) is 0 Å². The normalized spacial score (nSPS) is 16.0. The molecule has 5 nitrogen and oxygen atoms in total. The highest BCUT2D eigenvalue weighted by Crippen LogP contribution is 2.13. The van der Waals surface area contributed by atoms with Gasteiger partial charge in [-0.05, 0) is 6.07 Å². The van der Waals surface area contributed by atoms with Crippen LogP contribution in [0.15, 0.2) is 18.3 Å². The van der Waals surface area contributed by atoms with Gasteiger partial charge >= 0.3 is 0 Å². The van der Waals surface area contributed by atoms with Gasteiger partial charge in [-0.25, -0.2) is 4.98 Å². The van der Waals surface area contributed by atoms with Gasteiger partial charge in [0.2, 0.25) is 5.88 Å². The van der Waals surface area contributed by atoms with Gasteiger partial charge in [0.25, 0.3) is 0 Å². The maximum Gasteiger partial charge on any atom is 0.213 e. The molecule has 1 aliphatic heterocycles. The molecule has 0 amide bonds. The molecule has 0 bridgehead atoms. The summed E-state index contributed by atoms with van der Waals surface area (Å²) < 4.78 is 10.4. The molecule has 1 saturated heterocycles. The van der Waals surface area contributed by atoms with Crippen molar-refractivity contribution >= 4 is 5.84 Å². The minimum atomic E-state index is 0.0102. The fourth-order valence-corrected chi connectivity index (χ4v) is 1.06. The van der Waals surface area contributed by atoms with Crippen molar-refractivity contribution in [2.45, 2.75) is 6.10 Å². The summed E-state index contributed by atoms with van der Waals surface area (Å²) in [6.45, 7) is 1.24. The second kappa shape index (κ2) is 3.63. The first-order valence-electron chi connectivity index (χ1n) is 4.30. The Morgan fingerprint density at radius 1 is 1.57 bits per heavy atom. The predicted octanol–water partition coefficient (Wildman–Crippen LogP) is 0.143. The molecule has 2 heterocycles. The second-order valence-electron chi connectivity index (χ2n) is 3.08. The van der Waals surface area contributed by atoms with Crippen molar-refractivity contribution in [1.29, 1.82) is 5.41 Å². The van der Waals surface area contributed by atoms with E-state index in [1.165, 1.54) is 6.20 Å². The van der Waals surface area contributed by atoms with Crippen LogP contribution < -0.4 is 10.5 Å². The van der Waals surface area contributed by atoms with Gasteiger partial charge in [-0.2, -0.15) is 0 Å². The largest absolute Gasteiger partial charge is 0.469 e. The van der Waals surface area contributed by atoms with E-state index in [-0.39, 0.29) is 11.9 Å². The maximum atomic E-state index is 7.17. The molecular weight excluding hydrogens is 182 g/mol. The third kappa shape index (κ3) is 1.82. The number of hydrogen-bond acceptors (Lipinski definition) is 4. The first-order chi connectivity index (χ1) is 6.75. The monoisotopic (exact) mass is 193 g/mol. The Bertz CT molecular complexity index is 332. The average molecular weight is 193 g/mol. The van der Waals surface area contributed by atoms with Crippen LogP contribution in [0.4, 0.5) is 0 Å². The van der Waals surface area contributed by atoms with Crippen LogP contribution in [0.5, 0.6) is 5.88 Å². The van der Waals surface area contributed by atoms with E-state index in [2.05, 4.69) is 4.98 Å². The summed E-state index contributed by atoms with van der Waals surface area (Å²) in [6.07, 6.45) is 1.64. The SMILES string of the molecule is N=C(N)c1ccc(OC2COC2)nc1. The molecule has 1 aliphatic rings. The van der Waals surface area contributed by atoms with Crippen LogP contribution in [0.3, 0.4) is 0 Å². The summed E-state index contributed by atoms with van der Waals surface area (Å²) >= 11 is 0. The molecule has 1 fully saturated rings. The van der Waals surface area contributed by atoms with Gasteiger partial charge in [-0.15, -0.1) is 0 Å². The molecule has 0 spiro atoms. The van der Waals surface area contributed by atoms with Crippen molar-refractivity contribution < 1.29 is 9.47 Å². The molecule has 5 heteroatoms. The molecule has 0 atom stereocenters. The lowest BCUT2D eigenvalue weighted by Gasteiger charge is -2.25. The van der Waals surface area contributed by atoms with Crippen molar-refractivity contribution in [2.24, 2.45) is 5.73 Å². The van der Waals surface area contributed by atoms with Crippen LogP contribution >= 0.6 is 0 Å². The Kier molecular flexibility index (Phi) is 2.32. The van der Waals surface area contributed by atoms with Crippen LogP contribution in [0.25, 0.3) is 0 Å². The van der Waals surface area contributed by atoms with Gasteiger partial charge in [0.15, 0.2) is 0 Å². The Morgan fingerprint density at radius 3 is 2.79 bits per heavy atom. The van der Waals surface area contributed by atoms with E-state index < -0.39 is 0 Å². The quantitative estimate of drug-likeness (QED) is 0.528. The number of nitrogens with one attached hydrogen (secondary N) is 1. The lowest BCUT2D eigenvalue weighted by molar-refractivity contribution is -0.0813. The number of nitrogens with two attached hydrogens (primary N) is 1. The maximum absolute atomic E-state index is 7.17. The molecule has 1 aromatic heterocycles. The molecule has 0 aliphatic carbocycles. The molecule has 0 radical (unpaired) electrons. The van der Waals surface area contributed by atoms with Gasteiger partial charge in [-0.3, -0.25) is 5.41 Å². The zero-order valence-corrected chi connectivity index (χ0v) is 7.56.